The van der Waals surface area contributed by atoms with Crippen LogP contribution in [0.2, 0.25) is 0 Å². The third kappa shape index (κ3) is 5.07. The summed E-state index contributed by atoms with van der Waals surface area (Å²) in [5.41, 5.74) is 3.94. The van der Waals surface area contributed by atoms with Crippen molar-refractivity contribution >= 4 is 5.91 Å². The summed E-state index contributed by atoms with van der Waals surface area (Å²) in [5, 5.41) is 2.97. The highest BCUT2D eigenvalue weighted by atomic mass is 16.5. The zero-order chi connectivity index (χ0) is 17.6. The Morgan fingerprint density at radius 2 is 1.88 bits per heavy atom. The third-order valence-electron chi connectivity index (χ3n) is 4.32. The van der Waals surface area contributed by atoms with Gasteiger partial charge in [-0.15, -0.1) is 0 Å². The van der Waals surface area contributed by atoms with Gasteiger partial charge in [-0.1, -0.05) is 29.3 Å². The Morgan fingerprint density at radius 3 is 2.52 bits per heavy atom. The van der Waals surface area contributed by atoms with Crippen molar-refractivity contribution in [3.05, 3.63) is 64.7 Å². The molecule has 1 aliphatic heterocycles. The SMILES string of the molecule is Cc1cc(C)cc(C(=O)NCc2ccc(OCC3CCCO3)cc2)c1. The van der Waals surface area contributed by atoms with Gasteiger partial charge in [-0.25, -0.2) is 0 Å². The van der Waals surface area contributed by atoms with E-state index in [2.05, 4.69) is 11.4 Å². The van der Waals surface area contributed by atoms with Crippen molar-refractivity contribution in [3.63, 3.8) is 0 Å². The van der Waals surface area contributed by atoms with Gasteiger partial charge in [0, 0.05) is 18.7 Å². The predicted molar refractivity (Wildman–Crippen MR) is 98.0 cm³/mol. The molecule has 0 bridgehead atoms. The quantitative estimate of drug-likeness (QED) is 0.871. The van der Waals surface area contributed by atoms with E-state index in [1.165, 1.54) is 0 Å². The summed E-state index contributed by atoms with van der Waals surface area (Å²) in [5.74, 6) is 0.783. The average molecular weight is 339 g/mol. The standard InChI is InChI=1S/C21H25NO3/c1-15-10-16(2)12-18(11-15)21(23)22-13-17-5-7-19(8-6-17)25-14-20-4-3-9-24-20/h5-8,10-12,20H,3-4,9,13-14H2,1-2H3,(H,22,23). The Balaban J connectivity index is 1.50. The molecule has 1 amide bonds. The van der Waals surface area contributed by atoms with E-state index >= 15 is 0 Å². The van der Waals surface area contributed by atoms with Gasteiger partial charge in [0.05, 0.1) is 6.10 Å². The zero-order valence-corrected chi connectivity index (χ0v) is 14.9. The van der Waals surface area contributed by atoms with Crippen LogP contribution in [0.3, 0.4) is 0 Å². The second-order valence-electron chi connectivity index (χ2n) is 6.65. The topological polar surface area (TPSA) is 47.6 Å². The lowest BCUT2D eigenvalue weighted by Gasteiger charge is -2.12. The summed E-state index contributed by atoms with van der Waals surface area (Å²) in [4.78, 5) is 12.3. The van der Waals surface area contributed by atoms with Crippen LogP contribution in [-0.2, 0) is 11.3 Å². The van der Waals surface area contributed by atoms with Gasteiger partial charge in [0.2, 0.25) is 0 Å². The number of hydrogen-bond donors (Lipinski definition) is 1. The number of benzene rings is 2. The number of rotatable bonds is 6. The second-order valence-corrected chi connectivity index (χ2v) is 6.65. The molecular weight excluding hydrogens is 314 g/mol. The predicted octanol–water partition coefficient (Wildman–Crippen LogP) is 3.79. The average Bonchev–Trinajstić information content (AvgIpc) is 3.11. The molecule has 25 heavy (non-hydrogen) atoms. The minimum absolute atomic E-state index is 0.0505. The van der Waals surface area contributed by atoms with Crippen LogP contribution in [0.4, 0.5) is 0 Å². The Bertz CT molecular complexity index is 698. The molecule has 132 valence electrons. The minimum atomic E-state index is -0.0505. The smallest absolute Gasteiger partial charge is 0.251 e. The van der Waals surface area contributed by atoms with Gasteiger partial charge < -0.3 is 14.8 Å². The van der Waals surface area contributed by atoms with Crippen LogP contribution in [0.15, 0.2) is 42.5 Å². The molecular formula is C21H25NO3. The molecule has 1 unspecified atom stereocenters. The fourth-order valence-corrected chi connectivity index (χ4v) is 3.06. The Morgan fingerprint density at radius 1 is 1.16 bits per heavy atom. The molecule has 2 aromatic rings. The second kappa shape index (κ2) is 8.17. The van der Waals surface area contributed by atoms with Gasteiger partial charge in [-0.05, 0) is 56.5 Å². The third-order valence-corrected chi connectivity index (χ3v) is 4.32. The lowest BCUT2D eigenvalue weighted by Crippen LogP contribution is -2.23. The molecule has 1 fully saturated rings. The van der Waals surface area contributed by atoms with Crippen molar-refractivity contribution < 1.29 is 14.3 Å². The Kier molecular flexibility index (Phi) is 5.71. The highest BCUT2D eigenvalue weighted by molar-refractivity contribution is 5.94. The first-order valence-electron chi connectivity index (χ1n) is 8.80. The first-order chi connectivity index (χ1) is 12.1. The fraction of sp³-hybridized carbons (Fsp3) is 0.381. The highest BCUT2D eigenvalue weighted by Gasteiger charge is 2.15. The van der Waals surface area contributed by atoms with Crippen molar-refractivity contribution in [3.8, 4) is 5.75 Å². The van der Waals surface area contributed by atoms with Crippen LogP contribution in [-0.4, -0.2) is 25.2 Å². The number of amides is 1. The summed E-state index contributed by atoms with van der Waals surface area (Å²) < 4.78 is 11.3. The van der Waals surface area contributed by atoms with Crippen LogP contribution < -0.4 is 10.1 Å². The van der Waals surface area contributed by atoms with Crippen molar-refractivity contribution in [2.75, 3.05) is 13.2 Å². The molecule has 0 radical (unpaired) electrons. The van der Waals surface area contributed by atoms with E-state index in [0.29, 0.717) is 18.7 Å². The molecule has 0 aliphatic carbocycles. The molecule has 0 aromatic heterocycles. The molecule has 0 spiro atoms. The number of carbonyl (C=O) groups excluding carboxylic acids is 1. The lowest BCUT2D eigenvalue weighted by atomic mass is 10.1. The van der Waals surface area contributed by atoms with Crippen LogP contribution in [0.1, 0.15) is 39.9 Å². The molecule has 1 aliphatic rings. The van der Waals surface area contributed by atoms with Crippen molar-refractivity contribution in [2.24, 2.45) is 0 Å². The van der Waals surface area contributed by atoms with Crippen molar-refractivity contribution in [2.45, 2.75) is 39.3 Å². The maximum atomic E-state index is 12.3. The summed E-state index contributed by atoms with van der Waals surface area (Å²) >= 11 is 0. The molecule has 0 saturated carbocycles. The summed E-state index contributed by atoms with van der Waals surface area (Å²) in [7, 11) is 0. The minimum Gasteiger partial charge on any atom is -0.491 e. The van der Waals surface area contributed by atoms with Crippen LogP contribution in [0, 0.1) is 13.8 Å². The lowest BCUT2D eigenvalue weighted by molar-refractivity contribution is 0.0679. The highest BCUT2D eigenvalue weighted by Crippen LogP contribution is 2.17. The molecule has 1 heterocycles. The van der Waals surface area contributed by atoms with Crippen molar-refractivity contribution in [1.82, 2.24) is 5.32 Å². The first kappa shape index (κ1) is 17.5. The summed E-state index contributed by atoms with van der Waals surface area (Å²) in [6.45, 7) is 5.94. The van der Waals surface area contributed by atoms with E-state index in [1.54, 1.807) is 0 Å². The number of hydrogen-bond acceptors (Lipinski definition) is 3. The molecule has 1 atom stereocenters. The van der Waals surface area contributed by atoms with E-state index < -0.39 is 0 Å². The monoisotopic (exact) mass is 339 g/mol. The van der Waals surface area contributed by atoms with Gasteiger partial charge in [0.25, 0.3) is 5.91 Å². The summed E-state index contributed by atoms with van der Waals surface area (Å²) in [6, 6.07) is 13.7. The molecule has 4 nitrogen and oxygen atoms in total. The molecule has 3 rings (SSSR count). The number of ether oxygens (including phenoxy) is 2. The zero-order valence-electron chi connectivity index (χ0n) is 14.9. The maximum Gasteiger partial charge on any atom is 0.251 e. The van der Waals surface area contributed by atoms with E-state index in [4.69, 9.17) is 9.47 Å². The fourth-order valence-electron chi connectivity index (χ4n) is 3.06. The van der Waals surface area contributed by atoms with Gasteiger partial charge in [0.1, 0.15) is 12.4 Å². The molecule has 4 heteroatoms. The first-order valence-corrected chi connectivity index (χ1v) is 8.80. The van der Waals surface area contributed by atoms with E-state index in [0.717, 1.165) is 41.9 Å². The molecule has 1 saturated heterocycles. The van der Waals surface area contributed by atoms with Crippen LogP contribution in [0.25, 0.3) is 0 Å². The molecule has 2 aromatic carbocycles. The van der Waals surface area contributed by atoms with E-state index in [9.17, 15) is 4.79 Å². The van der Waals surface area contributed by atoms with Gasteiger partial charge >= 0.3 is 0 Å². The molecule has 1 N–H and O–H groups in total. The van der Waals surface area contributed by atoms with E-state index in [-0.39, 0.29) is 12.0 Å². The Hall–Kier alpha value is -2.33. The van der Waals surface area contributed by atoms with Gasteiger partial charge in [-0.3, -0.25) is 4.79 Å². The normalized spacial score (nSPS) is 16.6. The van der Waals surface area contributed by atoms with Gasteiger partial charge in [-0.2, -0.15) is 0 Å². The largest absolute Gasteiger partial charge is 0.491 e. The van der Waals surface area contributed by atoms with Crippen LogP contribution in [0.5, 0.6) is 5.75 Å². The number of carbonyl (C=O) groups is 1. The van der Waals surface area contributed by atoms with Crippen molar-refractivity contribution in [1.29, 1.82) is 0 Å². The van der Waals surface area contributed by atoms with Crippen LogP contribution >= 0.6 is 0 Å². The van der Waals surface area contributed by atoms with E-state index in [1.807, 2.05) is 50.2 Å². The number of aryl methyl sites for hydroxylation is 2. The summed E-state index contributed by atoms with van der Waals surface area (Å²) in [6.07, 6.45) is 2.41. The van der Waals surface area contributed by atoms with Gasteiger partial charge in [0.15, 0.2) is 0 Å². The maximum absolute atomic E-state index is 12.3. The number of nitrogens with one attached hydrogen (secondary N) is 1. The Labute approximate surface area is 149 Å².